The molecule has 2 atom stereocenters. The standard InChI is InChI=1S/C13H24N2O4S/c1-7-13(5)11(17)15(9(2)10(16)14-13)8-12(3,4)20(6,18)19/h9H,7-8H2,1-6H3,(H,14,16). The van der Waals surface area contributed by atoms with Gasteiger partial charge in [0.15, 0.2) is 9.84 Å². The molecule has 116 valence electrons. The molecule has 0 aromatic heterocycles. The summed E-state index contributed by atoms with van der Waals surface area (Å²) in [4.78, 5) is 25.9. The van der Waals surface area contributed by atoms with E-state index in [4.69, 9.17) is 0 Å². The molecule has 0 aromatic carbocycles. The Hall–Kier alpha value is -1.11. The molecule has 0 radical (unpaired) electrons. The van der Waals surface area contributed by atoms with E-state index in [1.54, 1.807) is 27.7 Å². The van der Waals surface area contributed by atoms with Crippen molar-refractivity contribution in [1.29, 1.82) is 0 Å². The van der Waals surface area contributed by atoms with Crippen molar-refractivity contribution in [1.82, 2.24) is 10.2 Å². The molecule has 7 heteroatoms. The monoisotopic (exact) mass is 304 g/mol. The van der Waals surface area contributed by atoms with Crippen LogP contribution in [0.2, 0.25) is 0 Å². The lowest BCUT2D eigenvalue weighted by Crippen LogP contribution is -2.70. The molecule has 1 N–H and O–H groups in total. The molecule has 1 aliphatic rings. The maximum Gasteiger partial charge on any atom is 0.248 e. The van der Waals surface area contributed by atoms with Crippen molar-refractivity contribution in [3.05, 3.63) is 0 Å². The summed E-state index contributed by atoms with van der Waals surface area (Å²) in [6, 6.07) is -0.664. The van der Waals surface area contributed by atoms with Crippen molar-refractivity contribution < 1.29 is 18.0 Å². The van der Waals surface area contributed by atoms with Gasteiger partial charge in [0.1, 0.15) is 11.6 Å². The summed E-state index contributed by atoms with van der Waals surface area (Å²) in [5.74, 6) is -0.484. The minimum absolute atomic E-state index is 0.00877. The van der Waals surface area contributed by atoms with E-state index in [0.717, 1.165) is 6.26 Å². The average molecular weight is 304 g/mol. The minimum Gasteiger partial charge on any atom is -0.340 e. The van der Waals surface area contributed by atoms with E-state index in [9.17, 15) is 18.0 Å². The Bertz CT molecular complexity index is 526. The topological polar surface area (TPSA) is 83.6 Å². The van der Waals surface area contributed by atoms with Gasteiger partial charge in [-0.3, -0.25) is 9.59 Å². The van der Waals surface area contributed by atoms with Gasteiger partial charge in [-0.25, -0.2) is 8.42 Å². The molecule has 1 fully saturated rings. The lowest BCUT2D eigenvalue weighted by molar-refractivity contribution is -0.154. The Balaban J connectivity index is 3.15. The molecule has 1 heterocycles. The van der Waals surface area contributed by atoms with Crippen molar-refractivity contribution in [2.45, 2.75) is 57.4 Å². The predicted molar refractivity (Wildman–Crippen MR) is 76.9 cm³/mol. The number of sulfone groups is 1. The Morgan fingerprint density at radius 1 is 1.35 bits per heavy atom. The molecule has 2 amide bonds. The molecule has 1 aliphatic heterocycles. The fraction of sp³-hybridized carbons (Fsp3) is 0.846. The van der Waals surface area contributed by atoms with E-state index < -0.39 is 26.2 Å². The van der Waals surface area contributed by atoms with Crippen molar-refractivity contribution in [2.75, 3.05) is 12.8 Å². The average Bonchev–Trinajstić information content (AvgIpc) is 2.31. The van der Waals surface area contributed by atoms with Crippen molar-refractivity contribution in [2.24, 2.45) is 0 Å². The normalized spacial score (nSPS) is 28.5. The second-order valence-corrected chi connectivity index (χ2v) is 8.97. The quantitative estimate of drug-likeness (QED) is 0.811. The minimum atomic E-state index is -3.34. The van der Waals surface area contributed by atoms with Crippen LogP contribution in [0.4, 0.5) is 0 Å². The third-order valence-electron chi connectivity index (χ3n) is 4.24. The summed E-state index contributed by atoms with van der Waals surface area (Å²) in [6.07, 6.45) is 1.60. The maximum absolute atomic E-state index is 12.6. The fourth-order valence-electron chi connectivity index (χ4n) is 2.04. The molecular formula is C13H24N2O4S. The third-order valence-corrected chi connectivity index (χ3v) is 6.38. The molecule has 6 nitrogen and oxygen atoms in total. The van der Waals surface area contributed by atoms with Crippen LogP contribution in [0, 0.1) is 0 Å². The van der Waals surface area contributed by atoms with Crippen LogP contribution in [0.3, 0.4) is 0 Å². The first-order chi connectivity index (χ1) is 8.85. The zero-order chi connectivity index (χ0) is 15.9. The van der Waals surface area contributed by atoms with Gasteiger partial charge in [0.05, 0.1) is 4.75 Å². The van der Waals surface area contributed by atoms with Crippen LogP contribution < -0.4 is 5.32 Å². The number of nitrogens with zero attached hydrogens (tertiary/aromatic N) is 1. The van der Waals surface area contributed by atoms with Crippen LogP contribution in [-0.2, 0) is 19.4 Å². The molecule has 1 rings (SSSR count). The number of rotatable bonds is 4. The van der Waals surface area contributed by atoms with Gasteiger partial charge in [0.25, 0.3) is 0 Å². The first-order valence-corrected chi connectivity index (χ1v) is 8.57. The Morgan fingerprint density at radius 2 is 1.85 bits per heavy atom. The van der Waals surface area contributed by atoms with Crippen LogP contribution in [0.1, 0.15) is 41.0 Å². The number of piperazine rings is 1. The number of hydrogen-bond donors (Lipinski definition) is 1. The van der Waals surface area contributed by atoms with E-state index in [1.165, 1.54) is 4.90 Å². The molecular weight excluding hydrogens is 280 g/mol. The predicted octanol–water partition coefficient (Wildman–Crippen LogP) is 0.325. The lowest BCUT2D eigenvalue weighted by atomic mass is 9.91. The van der Waals surface area contributed by atoms with Gasteiger partial charge in [-0.15, -0.1) is 0 Å². The summed E-state index contributed by atoms with van der Waals surface area (Å²) in [7, 11) is -3.34. The molecule has 0 aromatic rings. The Kier molecular flexibility index (Phi) is 4.25. The second-order valence-electron chi connectivity index (χ2n) is 6.32. The lowest BCUT2D eigenvalue weighted by Gasteiger charge is -2.45. The van der Waals surface area contributed by atoms with Crippen molar-refractivity contribution in [3.63, 3.8) is 0 Å². The summed E-state index contributed by atoms with van der Waals surface area (Å²) in [5.41, 5.74) is -0.961. The molecule has 0 spiro atoms. The number of hydrogen-bond acceptors (Lipinski definition) is 4. The fourth-order valence-corrected chi connectivity index (χ4v) is 2.41. The molecule has 1 saturated heterocycles. The highest BCUT2D eigenvalue weighted by atomic mass is 32.2. The van der Waals surface area contributed by atoms with E-state index in [1.807, 2.05) is 6.92 Å². The van der Waals surface area contributed by atoms with Gasteiger partial charge < -0.3 is 10.2 Å². The number of carbonyl (C=O) groups excluding carboxylic acids is 2. The van der Waals surface area contributed by atoms with Gasteiger partial charge in [-0.1, -0.05) is 6.92 Å². The summed E-state index contributed by atoms with van der Waals surface area (Å²) < 4.78 is 22.5. The molecule has 20 heavy (non-hydrogen) atoms. The zero-order valence-electron chi connectivity index (χ0n) is 13.0. The Morgan fingerprint density at radius 3 is 2.25 bits per heavy atom. The van der Waals surface area contributed by atoms with E-state index in [0.29, 0.717) is 6.42 Å². The largest absolute Gasteiger partial charge is 0.340 e. The van der Waals surface area contributed by atoms with Crippen LogP contribution in [-0.4, -0.2) is 54.3 Å². The van der Waals surface area contributed by atoms with Crippen LogP contribution in [0.25, 0.3) is 0 Å². The van der Waals surface area contributed by atoms with Crippen LogP contribution >= 0.6 is 0 Å². The highest BCUT2D eigenvalue weighted by molar-refractivity contribution is 7.92. The van der Waals surface area contributed by atoms with E-state index in [-0.39, 0.29) is 18.4 Å². The van der Waals surface area contributed by atoms with Crippen LogP contribution in [0.5, 0.6) is 0 Å². The van der Waals surface area contributed by atoms with Gasteiger partial charge in [-0.05, 0) is 34.1 Å². The summed E-state index contributed by atoms with van der Waals surface area (Å²) in [5, 5.41) is 2.72. The zero-order valence-corrected chi connectivity index (χ0v) is 13.8. The molecule has 0 aliphatic carbocycles. The van der Waals surface area contributed by atoms with E-state index >= 15 is 0 Å². The highest BCUT2D eigenvalue weighted by Gasteiger charge is 2.48. The summed E-state index contributed by atoms with van der Waals surface area (Å²) >= 11 is 0. The number of carbonyl (C=O) groups is 2. The molecule has 2 unspecified atom stereocenters. The number of amides is 2. The second kappa shape index (κ2) is 5.02. The van der Waals surface area contributed by atoms with Crippen LogP contribution in [0.15, 0.2) is 0 Å². The highest BCUT2D eigenvalue weighted by Crippen LogP contribution is 2.25. The maximum atomic E-state index is 12.6. The Labute approximate surface area is 120 Å². The van der Waals surface area contributed by atoms with Gasteiger partial charge >= 0.3 is 0 Å². The van der Waals surface area contributed by atoms with Gasteiger partial charge in [-0.2, -0.15) is 0 Å². The van der Waals surface area contributed by atoms with Gasteiger partial charge in [0.2, 0.25) is 11.8 Å². The first kappa shape index (κ1) is 16.9. The van der Waals surface area contributed by atoms with Crippen molar-refractivity contribution in [3.8, 4) is 0 Å². The molecule has 0 bridgehead atoms. The van der Waals surface area contributed by atoms with Gasteiger partial charge in [0, 0.05) is 12.8 Å². The molecule has 0 saturated carbocycles. The number of nitrogens with one attached hydrogen (secondary N) is 1. The van der Waals surface area contributed by atoms with Crippen molar-refractivity contribution >= 4 is 21.7 Å². The smallest absolute Gasteiger partial charge is 0.248 e. The first-order valence-electron chi connectivity index (χ1n) is 6.68. The SMILES string of the molecule is CCC1(C)NC(=O)C(C)N(CC(C)(C)S(C)(=O)=O)C1=O. The summed E-state index contributed by atoms with van der Waals surface area (Å²) in [6.45, 7) is 8.24. The third kappa shape index (κ3) is 2.82. The van der Waals surface area contributed by atoms with E-state index in [2.05, 4.69) is 5.32 Å².